The average molecular weight is 255 g/mol. The highest BCUT2D eigenvalue weighted by Gasteiger charge is 2.12. The van der Waals surface area contributed by atoms with Crippen LogP contribution in [0.3, 0.4) is 0 Å². The van der Waals surface area contributed by atoms with Gasteiger partial charge in [0, 0.05) is 7.11 Å². The second kappa shape index (κ2) is 8.19. The summed E-state index contributed by atoms with van der Waals surface area (Å²) >= 11 is 0. The number of aryl methyl sites for hydroxylation is 1. The van der Waals surface area contributed by atoms with Crippen LogP contribution in [0.1, 0.15) is 24.1 Å². The van der Waals surface area contributed by atoms with Gasteiger partial charge in [0.25, 0.3) is 0 Å². The summed E-state index contributed by atoms with van der Waals surface area (Å²) in [6.07, 6.45) is 0. The number of halogens is 1. The van der Waals surface area contributed by atoms with E-state index >= 15 is 0 Å². The van der Waals surface area contributed by atoms with Crippen molar-refractivity contribution in [2.75, 3.05) is 33.5 Å². The van der Waals surface area contributed by atoms with Crippen LogP contribution in [0.5, 0.6) is 0 Å². The van der Waals surface area contributed by atoms with E-state index in [9.17, 15) is 4.39 Å². The maximum atomic E-state index is 13.5. The molecule has 0 saturated heterocycles. The molecule has 0 bridgehead atoms. The third kappa shape index (κ3) is 4.72. The molecule has 0 fully saturated rings. The standard InChI is InChI=1S/C14H22FNO2/c1-4-16-14(10-18-8-7-17-3)12-6-5-11(2)13(15)9-12/h5-6,9,14,16H,4,7-8,10H2,1-3H3. The Labute approximate surface area is 108 Å². The van der Waals surface area contributed by atoms with Crippen LogP contribution in [0.2, 0.25) is 0 Å². The second-order valence-corrected chi connectivity index (χ2v) is 4.19. The monoisotopic (exact) mass is 255 g/mol. The van der Waals surface area contributed by atoms with Crippen molar-refractivity contribution in [3.8, 4) is 0 Å². The minimum atomic E-state index is -0.174. The Kier molecular flexibility index (Phi) is 6.86. The van der Waals surface area contributed by atoms with Crippen LogP contribution in [-0.2, 0) is 9.47 Å². The Morgan fingerprint density at radius 1 is 1.33 bits per heavy atom. The third-order valence-electron chi connectivity index (χ3n) is 2.77. The molecule has 0 spiro atoms. The van der Waals surface area contributed by atoms with Crippen LogP contribution in [-0.4, -0.2) is 33.5 Å². The van der Waals surface area contributed by atoms with E-state index in [1.54, 1.807) is 26.2 Å². The van der Waals surface area contributed by atoms with Crippen LogP contribution in [0.4, 0.5) is 4.39 Å². The van der Waals surface area contributed by atoms with Crippen LogP contribution >= 0.6 is 0 Å². The van der Waals surface area contributed by atoms with Crippen LogP contribution in [0.15, 0.2) is 18.2 Å². The fourth-order valence-corrected chi connectivity index (χ4v) is 1.69. The van der Waals surface area contributed by atoms with Gasteiger partial charge in [-0.25, -0.2) is 4.39 Å². The zero-order chi connectivity index (χ0) is 13.4. The van der Waals surface area contributed by atoms with Gasteiger partial charge in [-0.3, -0.25) is 0 Å². The SMILES string of the molecule is CCNC(COCCOC)c1ccc(C)c(F)c1. The largest absolute Gasteiger partial charge is 0.382 e. The van der Waals surface area contributed by atoms with Gasteiger partial charge < -0.3 is 14.8 Å². The Morgan fingerprint density at radius 2 is 2.11 bits per heavy atom. The number of likely N-dealkylation sites (N-methyl/N-ethyl adjacent to an activating group) is 1. The quantitative estimate of drug-likeness (QED) is 0.724. The van der Waals surface area contributed by atoms with Gasteiger partial charge in [0.15, 0.2) is 0 Å². The first-order valence-electron chi connectivity index (χ1n) is 6.25. The van der Waals surface area contributed by atoms with Crippen molar-refractivity contribution in [1.82, 2.24) is 5.32 Å². The van der Waals surface area contributed by atoms with Gasteiger partial charge in [0.1, 0.15) is 5.82 Å². The summed E-state index contributed by atoms with van der Waals surface area (Å²) in [7, 11) is 1.64. The maximum absolute atomic E-state index is 13.5. The number of ether oxygens (including phenoxy) is 2. The van der Waals surface area contributed by atoms with Gasteiger partial charge in [-0.2, -0.15) is 0 Å². The van der Waals surface area contributed by atoms with Crippen LogP contribution in [0.25, 0.3) is 0 Å². The van der Waals surface area contributed by atoms with Crippen molar-refractivity contribution in [3.05, 3.63) is 35.1 Å². The molecule has 4 heteroatoms. The molecule has 1 aromatic carbocycles. The number of hydrogen-bond donors (Lipinski definition) is 1. The van der Waals surface area contributed by atoms with Gasteiger partial charge in [0.2, 0.25) is 0 Å². The molecule has 0 aliphatic rings. The summed E-state index contributed by atoms with van der Waals surface area (Å²) < 4.78 is 24.0. The topological polar surface area (TPSA) is 30.5 Å². The summed E-state index contributed by atoms with van der Waals surface area (Å²) in [6, 6.07) is 5.32. The molecule has 0 radical (unpaired) electrons. The predicted molar refractivity (Wildman–Crippen MR) is 70.2 cm³/mol. The molecule has 0 aliphatic heterocycles. The summed E-state index contributed by atoms with van der Waals surface area (Å²) in [4.78, 5) is 0. The van der Waals surface area contributed by atoms with Gasteiger partial charge in [-0.1, -0.05) is 19.1 Å². The minimum absolute atomic E-state index is 0.0157. The van der Waals surface area contributed by atoms with Crippen molar-refractivity contribution in [2.45, 2.75) is 19.9 Å². The van der Waals surface area contributed by atoms with Crippen molar-refractivity contribution in [1.29, 1.82) is 0 Å². The molecule has 0 aromatic heterocycles. The molecule has 0 amide bonds. The molecule has 1 atom stereocenters. The molecular formula is C14H22FNO2. The third-order valence-corrected chi connectivity index (χ3v) is 2.77. The van der Waals surface area contributed by atoms with Crippen molar-refractivity contribution < 1.29 is 13.9 Å². The zero-order valence-electron chi connectivity index (χ0n) is 11.3. The first-order valence-corrected chi connectivity index (χ1v) is 6.25. The van der Waals surface area contributed by atoms with E-state index in [1.807, 2.05) is 13.0 Å². The first kappa shape index (κ1) is 15.1. The number of rotatable bonds is 8. The van der Waals surface area contributed by atoms with E-state index in [2.05, 4.69) is 5.32 Å². The molecule has 1 N–H and O–H groups in total. The summed E-state index contributed by atoms with van der Waals surface area (Å²) in [5.74, 6) is -0.174. The lowest BCUT2D eigenvalue weighted by molar-refractivity contribution is 0.0587. The van der Waals surface area contributed by atoms with Crippen molar-refractivity contribution in [3.63, 3.8) is 0 Å². The van der Waals surface area contributed by atoms with Gasteiger partial charge in [-0.15, -0.1) is 0 Å². The van der Waals surface area contributed by atoms with E-state index in [1.165, 1.54) is 0 Å². The highest BCUT2D eigenvalue weighted by atomic mass is 19.1. The maximum Gasteiger partial charge on any atom is 0.126 e. The van der Waals surface area contributed by atoms with E-state index in [-0.39, 0.29) is 11.9 Å². The summed E-state index contributed by atoms with van der Waals surface area (Å²) in [5, 5.41) is 3.29. The number of benzene rings is 1. The lowest BCUT2D eigenvalue weighted by atomic mass is 10.1. The predicted octanol–water partition coefficient (Wildman–Crippen LogP) is 2.45. The molecule has 18 heavy (non-hydrogen) atoms. The Bertz CT molecular complexity index is 358. The highest BCUT2D eigenvalue weighted by molar-refractivity contribution is 5.25. The molecule has 0 aliphatic carbocycles. The van der Waals surface area contributed by atoms with Gasteiger partial charge in [-0.05, 0) is 30.7 Å². The molecular weight excluding hydrogens is 233 g/mol. The molecule has 1 unspecified atom stereocenters. The Balaban J connectivity index is 2.61. The molecule has 3 nitrogen and oxygen atoms in total. The number of methoxy groups -OCH3 is 1. The normalized spacial score (nSPS) is 12.7. The van der Waals surface area contributed by atoms with Crippen molar-refractivity contribution in [2.24, 2.45) is 0 Å². The van der Waals surface area contributed by atoms with Crippen LogP contribution in [0, 0.1) is 12.7 Å². The first-order chi connectivity index (χ1) is 8.69. The van der Waals surface area contributed by atoms with E-state index in [0.29, 0.717) is 25.4 Å². The molecule has 1 aromatic rings. The Hall–Kier alpha value is -0.970. The second-order valence-electron chi connectivity index (χ2n) is 4.19. The number of nitrogens with one attached hydrogen (secondary N) is 1. The average Bonchev–Trinajstić information content (AvgIpc) is 2.37. The Morgan fingerprint density at radius 3 is 2.72 bits per heavy atom. The minimum Gasteiger partial charge on any atom is -0.382 e. The fraction of sp³-hybridized carbons (Fsp3) is 0.571. The lowest BCUT2D eigenvalue weighted by Crippen LogP contribution is -2.26. The van der Waals surface area contributed by atoms with E-state index < -0.39 is 0 Å². The smallest absolute Gasteiger partial charge is 0.126 e. The molecule has 102 valence electrons. The van der Waals surface area contributed by atoms with Crippen LogP contribution < -0.4 is 5.32 Å². The van der Waals surface area contributed by atoms with E-state index in [4.69, 9.17) is 9.47 Å². The molecule has 0 saturated carbocycles. The lowest BCUT2D eigenvalue weighted by Gasteiger charge is -2.19. The van der Waals surface area contributed by atoms with E-state index in [0.717, 1.165) is 12.1 Å². The van der Waals surface area contributed by atoms with Gasteiger partial charge >= 0.3 is 0 Å². The fourth-order valence-electron chi connectivity index (χ4n) is 1.69. The zero-order valence-corrected chi connectivity index (χ0v) is 11.3. The summed E-state index contributed by atoms with van der Waals surface area (Å²) in [5.41, 5.74) is 1.58. The molecule has 1 rings (SSSR count). The molecule has 0 heterocycles. The van der Waals surface area contributed by atoms with Gasteiger partial charge in [0.05, 0.1) is 25.9 Å². The number of hydrogen-bond acceptors (Lipinski definition) is 3. The summed E-state index contributed by atoms with van der Waals surface area (Å²) in [6.45, 7) is 6.23. The van der Waals surface area contributed by atoms with Crippen molar-refractivity contribution >= 4 is 0 Å². The highest BCUT2D eigenvalue weighted by Crippen LogP contribution is 2.17.